The molecule has 0 saturated heterocycles. The van der Waals surface area contributed by atoms with Crippen LogP contribution in [0.5, 0.6) is 0 Å². The summed E-state index contributed by atoms with van der Waals surface area (Å²) in [6.45, 7) is 0. The molecular formula is C14H10Cl2F3N. The minimum absolute atomic E-state index is 0.150. The Hall–Kier alpha value is -1.23. The SMILES string of the molecule is NC(Cc1cccc(Cl)c1Cl)c1cc(F)c(F)c(F)c1. The highest BCUT2D eigenvalue weighted by Gasteiger charge is 2.16. The first-order valence-electron chi connectivity index (χ1n) is 5.73. The maximum absolute atomic E-state index is 13.2. The Balaban J connectivity index is 2.28. The molecule has 0 aliphatic heterocycles. The summed E-state index contributed by atoms with van der Waals surface area (Å²) >= 11 is 11.9. The Morgan fingerprint density at radius 2 is 1.65 bits per heavy atom. The molecule has 0 aromatic heterocycles. The first-order valence-corrected chi connectivity index (χ1v) is 6.48. The van der Waals surface area contributed by atoms with E-state index in [4.69, 9.17) is 28.9 Å². The van der Waals surface area contributed by atoms with Gasteiger partial charge in [-0.2, -0.15) is 0 Å². The van der Waals surface area contributed by atoms with Crippen LogP contribution in [0.2, 0.25) is 10.0 Å². The Morgan fingerprint density at radius 1 is 1.05 bits per heavy atom. The number of hydrogen-bond donors (Lipinski definition) is 1. The van der Waals surface area contributed by atoms with Crippen molar-refractivity contribution in [1.29, 1.82) is 0 Å². The second-order valence-corrected chi connectivity index (χ2v) is 5.11. The van der Waals surface area contributed by atoms with Crippen molar-refractivity contribution < 1.29 is 13.2 Å². The highest BCUT2D eigenvalue weighted by molar-refractivity contribution is 6.42. The first-order chi connectivity index (χ1) is 9.40. The molecule has 0 heterocycles. The van der Waals surface area contributed by atoms with Crippen LogP contribution in [0.25, 0.3) is 0 Å². The van der Waals surface area contributed by atoms with E-state index in [1.165, 1.54) is 0 Å². The molecule has 1 nitrogen and oxygen atoms in total. The lowest BCUT2D eigenvalue weighted by Gasteiger charge is -2.14. The molecule has 0 bridgehead atoms. The van der Waals surface area contributed by atoms with Crippen LogP contribution in [-0.4, -0.2) is 0 Å². The summed E-state index contributed by atoms with van der Waals surface area (Å²) in [5.74, 6) is -4.05. The van der Waals surface area contributed by atoms with Gasteiger partial charge in [-0.25, -0.2) is 13.2 Å². The fourth-order valence-corrected chi connectivity index (χ4v) is 2.25. The van der Waals surface area contributed by atoms with Gasteiger partial charge in [0.25, 0.3) is 0 Å². The highest BCUT2D eigenvalue weighted by Crippen LogP contribution is 2.29. The highest BCUT2D eigenvalue weighted by atomic mass is 35.5. The van der Waals surface area contributed by atoms with Gasteiger partial charge in [0.05, 0.1) is 10.0 Å². The van der Waals surface area contributed by atoms with E-state index in [1.54, 1.807) is 18.2 Å². The Labute approximate surface area is 124 Å². The quantitative estimate of drug-likeness (QED) is 0.818. The molecule has 0 aliphatic carbocycles. The molecule has 20 heavy (non-hydrogen) atoms. The zero-order chi connectivity index (χ0) is 14.9. The number of nitrogens with two attached hydrogens (primary N) is 1. The smallest absolute Gasteiger partial charge is 0.194 e. The van der Waals surface area contributed by atoms with Gasteiger partial charge in [0.1, 0.15) is 0 Å². The lowest BCUT2D eigenvalue weighted by molar-refractivity contribution is 0.443. The standard InChI is InChI=1S/C14H10Cl2F3N/c15-9-3-1-2-7(13(9)16)6-12(20)8-4-10(17)14(19)11(18)5-8/h1-5,12H,6,20H2. The van der Waals surface area contributed by atoms with Crippen LogP contribution in [0.3, 0.4) is 0 Å². The van der Waals surface area contributed by atoms with Crippen molar-refractivity contribution in [2.45, 2.75) is 12.5 Å². The number of hydrogen-bond acceptors (Lipinski definition) is 1. The molecule has 2 aromatic rings. The number of rotatable bonds is 3. The second-order valence-electron chi connectivity index (χ2n) is 4.32. The van der Waals surface area contributed by atoms with E-state index in [0.717, 1.165) is 12.1 Å². The molecule has 2 aromatic carbocycles. The van der Waals surface area contributed by atoms with Crippen molar-refractivity contribution in [3.8, 4) is 0 Å². The molecule has 0 amide bonds. The van der Waals surface area contributed by atoms with E-state index in [9.17, 15) is 13.2 Å². The minimum Gasteiger partial charge on any atom is -0.324 e. The van der Waals surface area contributed by atoms with Crippen LogP contribution in [0.15, 0.2) is 30.3 Å². The van der Waals surface area contributed by atoms with Gasteiger partial charge in [0, 0.05) is 6.04 Å². The molecule has 106 valence electrons. The fraction of sp³-hybridized carbons (Fsp3) is 0.143. The summed E-state index contributed by atoms with van der Waals surface area (Å²) in [4.78, 5) is 0. The Bertz CT molecular complexity index is 623. The van der Waals surface area contributed by atoms with Crippen LogP contribution in [0.4, 0.5) is 13.2 Å². The van der Waals surface area contributed by atoms with Crippen molar-refractivity contribution in [2.24, 2.45) is 5.73 Å². The van der Waals surface area contributed by atoms with E-state index in [1.807, 2.05) is 0 Å². The molecule has 0 aliphatic rings. The molecule has 1 atom stereocenters. The van der Waals surface area contributed by atoms with Gasteiger partial charge in [-0.05, 0) is 35.7 Å². The summed E-state index contributed by atoms with van der Waals surface area (Å²) in [6.07, 6.45) is 0.226. The van der Waals surface area contributed by atoms with Crippen LogP contribution >= 0.6 is 23.2 Å². The maximum Gasteiger partial charge on any atom is 0.194 e. The Morgan fingerprint density at radius 3 is 2.25 bits per heavy atom. The topological polar surface area (TPSA) is 26.0 Å². The predicted octanol–water partition coefficient (Wildman–Crippen LogP) is 4.65. The van der Waals surface area contributed by atoms with Crippen molar-refractivity contribution in [2.75, 3.05) is 0 Å². The van der Waals surface area contributed by atoms with Crippen LogP contribution < -0.4 is 5.73 Å². The normalized spacial score (nSPS) is 12.5. The second kappa shape index (κ2) is 6.04. The van der Waals surface area contributed by atoms with E-state index in [-0.39, 0.29) is 12.0 Å². The van der Waals surface area contributed by atoms with Gasteiger partial charge in [-0.1, -0.05) is 35.3 Å². The lowest BCUT2D eigenvalue weighted by atomic mass is 9.99. The molecule has 0 radical (unpaired) electrons. The van der Waals surface area contributed by atoms with Crippen LogP contribution in [0, 0.1) is 17.5 Å². The van der Waals surface area contributed by atoms with Crippen molar-refractivity contribution in [1.82, 2.24) is 0 Å². The van der Waals surface area contributed by atoms with E-state index in [2.05, 4.69) is 0 Å². The van der Waals surface area contributed by atoms with Gasteiger partial charge in [0.15, 0.2) is 17.5 Å². The molecule has 2 N–H and O–H groups in total. The Kier molecular flexibility index (Phi) is 4.58. The summed E-state index contributed by atoms with van der Waals surface area (Å²) in [6, 6.07) is 6.06. The summed E-state index contributed by atoms with van der Waals surface area (Å²) < 4.78 is 39.2. The number of halogens is 5. The molecule has 2 rings (SSSR count). The molecule has 0 saturated carbocycles. The van der Waals surface area contributed by atoms with Crippen molar-refractivity contribution >= 4 is 23.2 Å². The summed E-state index contributed by atoms with van der Waals surface area (Å²) in [7, 11) is 0. The maximum atomic E-state index is 13.2. The molecular weight excluding hydrogens is 310 g/mol. The van der Waals surface area contributed by atoms with Gasteiger partial charge in [-0.15, -0.1) is 0 Å². The molecule has 0 fully saturated rings. The van der Waals surface area contributed by atoms with Crippen molar-refractivity contribution in [3.05, 3.63) is 69.0 Å². The number of benzene rings is 2. The molecule has 6 heteroatoms. The van der Waals surface area contributed by atoms with Gasteiger partial charge < -0.3 is 5.73 Å². The summed E-state index contributed by atoms with van der Waals surface area (Å²) in [5, 5.41) is 0.709. The summed E-state index contributed by atoms with van der Waals surface area (Å²) in [5.41, 5.74) is 6.68. The average molecular weight is 320 g/mol. The van der Waals surface area contributed by atoms with Gasteiger partial charge >= 0.3 is 0 Å². The zero-order valence-corrected chi connectivity index (χ0v) is 11.7. The third-order valence-electron chi connectivity index (χ3n) is 2.91. The predicted molar refractivity (Wildman–Crippen MR) is 73.4 cm³/mol. The van der Waals surface area contributed by atoms with Crippen LogP contribution in [-0.2, 0) is 6.42 Å². The van der Waals surface area contributed by atoms with Crippen LogP contribution in [0.1, 0.15) is 17.2 Å². The monoisotopic (exact) mass is 319 g/mol. The van der Waals surface area contributed by atoms with Gasteiger partial charge in [0.2, 0.25) is 0 Å². The largest absolute Gasteiger partial charge is 0.324 e. The lowest BCUT2D eigenvalue weighted by Crippen LogP contribution is -2.15. The van der Waals surface area contributed by atoms with E-state index >= 15 is 0 Å². The molecule has 0 spiro atoms. The van der Waals surface area contributed by atoms with Gasteiger partial charge in [-0.3, -0.25) is 0 Å². The zero-order valence-electron chi connectivity index (χ0n) is 10.1. The first kappa shape index (κ1) is 15.2. The fourth-order valence-electron chi connectivity index (χ4n) is 1.85. The van der Waals surface area contributed by atoms with E-state index in [0.29, 0.717) is 15.6 Å². The third kappa shape index (κ3) is 3.08. The molecule has 1 unspecified atom stereocenters. The minimum atomic E-state index is -1.51. The van der Waals surface area contributed by atoms with E-state index < -0.39 is 23.5 Å². The van der Waals surface area contributed by atoms with Crippen molar-refractivity contribution in [3.63, 3.8) is 0 Å². The third-order valence-corrected chi connectivity index (χ3v) is 3.76. The average Bonchev–Trinajstić information content (AvgIpc) is 2.40.